The summed E-state index contributed by atoms with van der Waals surface area (Å²) < 4.78 is 48.7. The van der Waals surface area contributed by atoms with Crippen LogP contribution in [0.3, 0.4) is 0 Å². The molecule has 31 heavy (non-hydrogen) atoms. The number of alkyl halides is 3. The minimum atomic E-state index is -4.49. The van der Waals surface area contributed by atoms with Crippen molar-refractivity contribution < 1.29 is 37.3 Å². The number of nitrogens with zero attached hydrogens (tertiary/aromatic N) is 1. The second kappa shape index (κ2) is 10.2. The third kappa shape index (κ3) is 8.28. The summed E-state index contributed by atoms with van der Waals surface area (Å²) in [5.74, 6) is -0.773. The topological polar surface area (TPSA) is 88.1 Å². The Bertz CT molecular complexity index is 764. The Labute approximate surface area is 179 Å². The van der Waals surface area contributed by atoms with E-state index in [9.17, 15) is 27.9 Å². The van der Waals surface area contributed by atoms with E-state index in [1.165, 1.54) is 17.0 Å². The normalized spacial score (nSPS) is 18.3. The van der Waals surface area contributed by atoms with Crippen LogP contribution in [0.25, 0.3) is 0 Å². The summed E-state index contributed by atoms with van der Waals surface area (Å²) in [5, 5.41) is 12.6. The van der Waals surface area contributed by atoms with Crippen molar-refractivity contribution in [1.82, 2.24) is 10.2 Å². The molecule has 2 atom stereocenters. The summed E-state index contributed by atoms with van der Waals surface area (Å²) in [7, 11) is 0. The summed E-state index contributed by atoms with van der Waals surface area (Å²) in [5.41, 5.74) is -1.48. The molecule has 0 aliphatic carbocycles. The number of halogens is 3. The van der Waals surface area contributed by atoms with Gasteiger partial charge >= 0.3 is 12.3 Å². The summed E-state index contributed by atoms with van der Waals surface area (Å²) in [6.07, 6.45) is -4.82. The first-order valence-electron chi connectivity index (χ1n) is 10.1. The molecule has 1 aromatic carbocycles. The van der Waals surface area contributed by atoms with Gasteiger partial charge in [0.15, 0.2) is 0 Å². The first-order valence-corrected chi connectivity index (χ1v) is 10.1. The Morgan fingerprint density at radius 1 is 1.29 bits per heavy atom. The van der Waals surface area contributed by atoms with Gasteiger partial charge in [-0.2, -0.15) is 13.2 Å². The van der Waals surface area contributed by atoms with E-state index in [1.54, 1.807) is 20.8 Å². The Morgan fingerprint density at radius 3 is 2.65 bits per heavy atom. The Hall–Kier alpha value is -2.49. The van der Waals surface area contributed by atoms with E-state index in [1.807, 2.05) is 0 Å². The predicted molar refractivity (Wildman–Crippen MR) is 106 cm³/mol. The second-order valence-corrected chi connectivity index (χ2v) is 8.50. The van der Waals surface area contributed by atoms with Gasteiger partial charge in [-0.15, -0.1) is 0 Å². The molecule has 0 bridgehead atoms. The van der Waals surface area contributed by atoms with Crippen molar-refractivity contribution in [3.8, 4) is 5.75 Å². The standard InChI is InChI=1S/C21H29F3N2O5/c1-20(2,3)31-19(29)26-9-5-6-14(12-26)18(28)25-11-16(27)13-30-17-8-4-7-15(10-17)21(22,23)24/h4,7-8,10,14,16,27H,5-6,9,11-13H2,1-3H3,(H,25,28). The molecule has 174 valence electrons. The maximum absolute atomic E-state index is 12.7. The molecule has 0 aromatic heterocycles. The molecule has 1 aliphatic heterocycles. The lowest BCUT2D eigenvalue weighted by atomic mass is 9.97. The van der Waals surface area contributed by atoms with E-state index >= 15 is 0 Å². The fourth-order valence-corrected chi connectivity index (χ4v) is 3.06. The highest BCUT2D eigenvalue weighted by atomic mass is 19.4. The highest BCUT2D eigenvalue weighted by molar-refractivity contribution is 5.80. The van der Waals surface area contributed by atoms with Crippen molar-refractivity contribution in [2.24, 2.45) is 5.92 Å². The van der Waals surface area contributed by atoms with Gasteiger partial charge in [-0.1, -0.05) is 6.07 Å². The zero-order chi connectivity index (χ0) is 23.2. The van der Waals surface area contributed by atoms with E-state index in [-0.39, 0.29) is 31.4 Å². The van der Waals surface area contributed by atoms with Gasteiger partial charge in [0, 0.05) is 19.6 Å². The molecule has 1 heterocycles. The van der Waals surface area contributed by atoms with Crippen LogP contribution in [0.2, 0.25) is 0 Å². The molecule has 1 aliphatic rings. The molecule has 2 unspecified atom stereocenters. The summed E-state index contributed by atoms with van der Waals surface area (Å²) >= 11 is 0. The largest absolute Gasteiger partial charge is 0.491 e. The van der Waals surface area contributed by atoms with Crippen LogP contribution in [0.15, 0.2) is 24.3 Å². The number of likely N-dealkylation sites (tertiary alicyclic amines) is 1. The average Bonchev–Trinajstić information content (AvgIpc) is 2.69. The first-order chi connectivity index (χ1) is 14.3. The maximum Gasteiger partial charge on any atom is 0.416 e. The minimum Gasteiger partial charge on any atom is -0.491 e. The van der Waals surface area contributed by atoms with Crippen LogP contribution in [0.5, 0.6) is 5.75 Å². The highest BCUT2D eigenvalue weighted by Gasteiger charge is 2.32. The van der Waals surface area contributed by atoms with E-state index in [0.29, 0.717) is 19.4 Å². The molecule has 2 rings (SSSR count). The second-order valence-electron chi connectivity index (χ2n) is 8.50. The van der Waals surface area contributed by atoms with Gasteiger partial charge in [0.05, 0.1) is 11.5 Å². The summed E-state index contributed by atoms with van der Waals surface area (Å²) in [6.45, 7) is 5.62. The van der Waals surface area contributed by atoms with Gasteiger partial charge in [0.1, 0.15) is 24.1 Å². The average molecular weight is 446 g/mol. The smallest absolute Gasteiger partial charge is 0.416 e. The van der Waals surface area contributed by atoms with Gasteiger partial charge < -0.3 is 24.8 Å². The van der Waals surface area contributed by atoms with E-state index in [2.05, 4.69) is 5.32 Å². The molecular formula is C21H29F3N2O5. The van der Waals surface area contributed by atoms with Gasteiger partial charge in [-0.05, 0) is 51.8 Å². The van der Waals surface area contributed by atoms with E-state index < -0.39 is 35.5 Å². The molecule has 1 aromatic rings. The van der Waals surface area contributed by atoms with Crippen molar-refractivity contribution in [3.05, 3.63) is 29.8 Å². The van der Waals surface area contributed by atoms with Crippen LogP contribution in [-0.2, 0) is 15.7 Å². The first kappa shape index (κ1) is 24.8. The summed E-state index contributed by atoms with van der Waals surface area (Å²) in [6, 6.07) is 4.34. The van der Waals surface area contributed by atoms with E-state index in [0.717, 1.165) is 12.1 Å². The fourth-order valence-electron chi connectivity index (χ4n) is 3.06. The SMILES string of the molecule is CC(C)(C)OC(=O)N1CCCC(C(=O)NCC(O)COc2cccc(C(F)(F)F)c2)C1. The Kier molecular flexibility index (Phi) is 8.16. The summed E-state index contributed by atoms with van der Waals surface area (Å²) in [4.78, 5) is 26.1. The van der Waals surface area contributed by atoms with Gasteiger partial charge in [0.25, 0.3) is 0 Å². The number of benzene rings is 1. The number of aliphatic hydroxyl groups is 1. The lowest BCUT2D eigenvalue weighted by Crippen LogP contribution is -2.48. The van der Waals surface area contributed by atoms with Crippen molar-refractivity contribution in [3.63, 3.8) is 0 Å². The number of hydrogen-bond donors (Lipinski definition) is 2. The van der Waals surface area contributed by atoms with Crippen LogP contribution < -0.4 is 10.1 Å². The van der Waals surface area contributed by atoms with Crippen LogP contribution in [0.1, 0.15) is 39.2 Å². The van der Waals surface area contributed by atoms with E-state index in [4.69, 9.17) is 9.47 Å². The van der Waals surface area contributed by atoms with Crippen LogP contribution in [0, 0.1) is 5.92 Å². The molecule has 0 spiro atoms. The monoisotopic (exact) mass is 446 g/mol. The molecule has 2 amide bonds. The number of rotatable bonds is 6. The molecule has 10 heteroatoms. The zero-order valence-corrected chi connectivity index (χ0v) is 17.9. The Morgan fingerprint density at radius 2 is 2.00 bits per heavy atom. The number of nitrogens with one attached hydrogen (secondary N) is 1. The minimum absolute atomic E-state index is 0.0273. The fraction of sp³-hybridized carbons (Fsp3) is 0.619. The van der Waals surface area contributed by atoms with Gasteiger partial charge in [-0.3, -0.25) is 4.79 Å². The molecule has 1 fully saturated rings. The third-order valence-electron chi connectivity index (χ3n) is 4.56. The number of carbonyl (C=O) groups is 2. The van der Waals surface area contributed by atoms with Crippen molar-refractivity contribution in [2.75, 3.05) is 26.2 Å². The molecule has 2 N–H and O–H groups in total. The molecule has 1 saturated heterocycles. The molecule has 0 saturated carbocycles. The number of piperidine rings is 1. The van der Waals surface area contributed by atoms with Crippen molar-refractivity contribution in [2.45, 2.75) is 51.5 Å². The van der Waals surface area contributed by atoms with Gasteiger partial charge in [0.2, 0.25) is 5.91 Å². The van der Waals surface area contributed by atoms with Crippen LogP contribution >= 0.6 is 0 Å². The lowest BCUT2D eigenvalue weighted by molar-refractivity contribution is -0.137. The predicted octanol–water partition coefficient (Wildman–Crippen LogP) is 3.21. The van der Waals surface area contributed by atoms with Crippen molar-refractivity contribution >= 4 is 12.0 Å². The van der Waals surface area contributed by atoms with Crippen LogP contribution in [0.4, 0.5) is 18.0 Å². The zero-order valence-electron chi connectivity index (χ0n) is 17.9. The van der Waals surface area contributed by atoms with Crippen molar-refractivity contribution in [1.29, 1.82) is 0 Å². The number of hydrogen-bond acceptors (Lipinski definition) is 5. The number of amides is 2. The maximum atomic E-state index is 12.7. The molecule has 0 radical (unpaired) electrons. The quantitative estimate of drug-likeness (QED) is 0.701. The van der Waals surface area contributed by atoms with Gasteiger partial charge in [-0.25, -0.2) is 4.79 Å². The Balaban J connectivity index is 1.78. The highest BCUT2D eigenvalue weighted by Crippen LogP contribution is 2.31. The number of aliphatic hydroxyl groups excluding tert-OH is 1. The lowest BCUT2D eigenvalue weighted by Gasteiger charge is -2.33. The molecular weight excluding hydrogens is 417 g/mol. The third-order valence-corrected chi connectivity index (χ3v) is 4.56. The van der Waals surface area contributed by atoms with Crippen LogP contribution in [-0.4, -0.2) is 60.0 Å². The molecule has 7 nitrogen and oxygen atoms in total. The number of ether oxygens (including phenoxy) is 2. The number of carbonyl (C=O) groups excluding carboxylic acids is 2.